The van der Waals surface area contributed by atoms with Crippen LogP contribution in [-0.4, -0.2) is 4.72 Å². The van der Waals surface area contributed by atoms with Gasteiger partial charge in [0.05, 0.1) is 0 Å². The molecule has 0 radical (unpaired) electrons. The molecule has 0 aromatic carbocycles. The van der Waals surface area contributed by atoms with E-state index in [9.17, 15) is 4.79 Å². The Balaban J connectivity index is 2.87. The standard InChI is InChI=1S/C6H5O.4CH3.Co.2H/c7-5-6-3-1-2-4-6;;;;;;;/h1-3H,4H2;4*1H3;;;. The zero-order chi connectivity index (χ0) is 9.43. The third kappa shape index (κ3) is 2.08. The summed E-state index contributed by atoms with van der Waals surface area (Å²) in [4.78, 5) is 11.9. The first kappa shape index (κ1) is 9.74. The molecule has 1 rings (SSSR count). The van der Waals surface area contributed by atoms with Crippen molar-refractivity contribution in [2.75, 3.05) is 0 Å². The van der Waals surface area contributed by atoms with Crippen molar-refractivity contribution in [3.8, 4) is 0 Å². The van der Waals surface area contributed by atoms with Crippen molar-refractivity contribution < 1.29 is 16.4 Å². The molecule has 0 saturated heterocycles. The number of hydrogen-bond donors (Lipinski definition) is 0. The van der Waals surface area contributed by atoms with Crippen molar-refractivity contribution in [1.82, 2.24) is 0 Å². The van der Waals surface area contributed by atoms with E-state index in [0.717, 1.165) is 12.0 Å². The summed E-state index contributed by atoms with van der Waals surface area (Å²) >= 11 is -2.29. The monoisotopic (exact) mass is 214 g/mol. The topological polar surface area (TPSA) is 17.1 Å². The molecule has 0 bridgehead atoms. The maximum atomic E-state index is 11.9. The second-order valence-electron chi connectivity index (χ2n) is 4.62. The Bertz CT molecular complexity index is 267. The predicted molar refractivity (Wildman–Crippen MR) is 53.1 cm³/mol. The average Bonchev–Trinajstić information content (AvgIpc) is 2.32. The van der Waals surface area contributed by atoms with Crippen LogP contribution in [0.25, 0.3) is 0 Å². The summed E-state index contributed by atoms with van der Waals surface area (Å²) < 4.78 is 0.404. The van der Waals surface area contributed by atoms with E-state index in [4.69, 9.17) is 0 Å². The molecule has 0 N–H and O–H groups in total. The predicted octanol–water partition coefficient (Wildman–Crippen LogP) is 2.75. The van der Waals surface area contributed by atoms with Crippen LogP contribution in [0, 0.1) is 0 Å². The minimum absolute atomic E-state index is 0.404. The summed E-state index contributed by atoms with van der Waals surface area (Å²) in [5.74, 6) is 8.51. The Morgan fingerprint density at radius 1 is 1.33 bits per heavy atom. The summed E-state index contributed by atoms with van der Waals surface area (Å²) in [5.41, 5.74) is 0.999. The number of carbonyl (C=O) groups is 1. The molecule has 1 aliphatic carbocycles. The van der Waals surface area contributed by atoms with E-state index in [0.29, 0.717) is 4.72 Å². The molecule has 2 heteroatoms. The molecule has 0 saturated carbocycles. The fourth-order valence-electron chi connectivity index (χ4n) is 1.08. The number of hydrogen-bond acceptors (Lipinski definition) is 1. The van der Waals surface area contributed by atoms with Gasteiger partial charge in [-0.3, -0.25) is 0 Å². The van der Waals surface area contributed by atoms with Crippen LogP contribution in [0.5, 0.6) is 0 Å². The van der Waals surface area contributed by atoms with Crippen LogP contribution >= 0.6 is 0 Å². The van der Waals surface area contributed by atoms with Crippen molar-refractivity contribution in [3.05, 3.63) is 23.8 Å². The van der Waals surface area contributed by atoms with E-state index in [2.05, 4.69) is 23.4 Å². The minimum atomic E-state index is -2.29. The third-order valence-electron chi connectivity index (χ3n) is 1.71. The molecule has 0 unspecified atom stereocenters. The van der Waals surface area contributed by atoms with E-state index >= 15 is 0 Å². The van der Waals surface area contributed by atoms with Gasteiger partial charge in [-0.1, -0.05) is 0 Å². The molecule has 0 amide bonds. The van der Waals surface area contributed by atoms with Gasteiger partial charge in [0.1, 0.15) is 0 Å². The average molecular weight is 214 g/mol. The normalized spacial score (nSPS) is 20.0. The SMILES string of the molecule is [CH3][CoH2]([CH3])([CH3])([CH3])[C](=O)C1=CC=CC1. The van der Waals surface area contributed by atoms with Crippen molar-refractivity contribution in [2.24, 2.45) is 0 Å². The number of rotatable bonds is 2. The maximum absolute atomic E-state index is 11.9. The van der Waals surface area contributed by atoms with Crippen LogP contribution in [0.2, 0.25) is 23.4 Å². The summed E-state index contributed by atoms with van der Waals surface area (Å²) in [5, 5.41) is 0. The molecular weight excluding hydrogens is 195 g/mol. The Morgan fingerprint density at radius 3 is 2.25 bits per heavy atom. The Kier molecular flexibility index (Phi) is 2.09. The molecule has 0 aromatic rings. The van der Waals surface area contributed by atoms with E-state index in [1.807, 2.05) is 18.2 Å². The van der Waals surface area contributed by atoms with Gasteiger partial charge in [0.2, 0.25) is 0 Å². The zero-order valence-corrected chi connectivity index (χ0v) is 9.41. The van der Waals surface area contributed by atoms with Gasteiger partial charge in [0.15, 0.2) is 0 Å². The first-order chi connectivity index (χ1) is 5.27. The van der Waals surface area contributed by atoms with Gasteiger partial charge in [-0.05, 0) is 0 Å². The van der Waals surface area contributed by atoms with Crippen LogP contribution in [0.4, 0.5) is 0 Å². The van der Waals surface area contributed by atoms with Crippen LogP contribution in [0.1, 0.15) is 6.42 Å². The molecular formula is C10H19CoO. The van der Waals surface area contributed by atoms with Gasteiger partial charge in [-0.2, -0.15) is 0 Å². The van der Waals surface area contributed by atoms with Gasteiger partial charge in [0.25, 0.3) is 0 Å². The molecule has 74 valence electrons. The summed E-state index contributed by atoms with van der Waals surface area (Å²) in [6.45, 7) is 0. The molecule has 0 heterocycles. The molecule has 0 aromatic heterocycles. The third-order valence-corrected chi connectivity index (χ3v) is 4.23. The molecule has 0 aliphatic heterocycles. The van der Waals surface area contributed by atoms with Crippen LogP contribution in [0.3, 0.4) is 0 Å². The summed E-state index contributed by atoms with van der Waals surface area (Å²) in [6, 6.07) is 0. The summed E-state index contributed by atoms with van der Waals surface area (Å²) in [6.07, 6.45) is 6.81. The van der Waals surface area contributed by atoms with E-state index in [1.165, 1.54) is 0 Å². The zero-order valence-electron chi connectivity index (χ0n) is 8.23. The van der Waals surface area contributed by atoms with Gasteiger partial charge >= 0.3 is 74.7 Å². The Morgan fingerprint density at radius 2 is 1.92 bits per heavy atom. The number of allylic oxidation sites excluding steroid dienone is 4. The van der Waals surface area contributed by atoms with Crippen molar-refractivity contribution in [1.29, 1.82) is 0 Å². The van der Waals surface area contributed by atoms with Crippen molar-refractivity contribution >= 4 is 4.72 Å². The molecule has 1 nitrogen and oxygen atoms in total. The van der Waals surface area contributed by atoms with Gasteiger partial charge < -0.3 is 0 Å². The van der Waals surface area contributed by atoms with Crippen molar-refractivity contribution in [2.45, 2.75) is 29.9 Å². The molecule has 0 atom stereocenters. The first-order valence-electron chi connectivity index (χ1n) is 3.87. The van der Waals surface area contributed by atoms with Crippen LogP contribution in [0.15, 0.2) is 23.8 Å². The molecule has 12 heavy (non-hydrogen) atoms. The van der Waals surface area contributed by atoms with Gasteiger partial charge in [0, 0.05) is 0 Å². The van der Waals surface area contributed by atoms with E-state index in [1.54, 1.807) is 0 Å². The van der Waals surface area contributed by atoms with Crippen LogP contribution in [-0.2, 0) is 16.4 Å². The fourth-order valence-corrected chi connectivity index (χ4v) is 2.81. The first-order valence-corrected chi connectivity index (χ1v) is 9.18. The van der Waals surface area contributed by atoms with E-state index < -0.39 is 11.6 Å². The summed E-state index contributed by atoms with van der Waals surface area (Å²) in [7, 11) is 0. The fraction of sp³-hybridized carbons (Fsp3) is 0.500. The molecule has 0 spiro atoms. The Hall–Kier alpha value is -0.344. The van der Waals surface area contributed by atoms with Gasteiger partial charge in [-0.15, -0.1) is 0 Å². The Labute approximate surface area is 75.1 Å². The quantitative estimate of drug-likeness (QED) is 0.690. The molecule has 0 fully saturated rings. The van der Waals surface area contributed by atoms with E-state index in [-0.39, 0.29) is 0 Å². The second kappa shape index (κ2) is 2.57. The van der Waals surface area contributed by atoms with Gasteiger partial charge in [-0.25, -0.2) is 0 Å². The van der Waals surface area contributed by atoms with Crippen molar-refractivity contribution in [3.63, 3.8) is 0 Å². The molecule has 1 aliphatic rings. The van der Waals surface area contributed by atoms with Crippen LogP contribution < -0.4 is 0 Å². The second-order valence-corrected chi connectivity index (χ2v) is 14.6. The number of carbonyl (C=O) groups excluding carboxylic acids is 1.